The zero-order valence-corrected chi connectivity index (χ0v) is 28.6. The molecule has 11 nitrogen and oxygen atoms in total. The second kappa shape index (κ2) is 12.6. The van der Waals surface area contributed by atoms with Gasteiger partial charge < -0.3 is 4.42 Å². The summed E-state index contributed by atoms with van der Waals surface area (Å²) >= 11 is 0. The standard InChI is InChI=1S/C43H28N8O3/c52-39-23-46-42-35(9-3-14-44-42)50(39)25-28-6-2-8-30(18-28)34-20-33-21-38(48-41(33)45-22-34)49-15-4-10-36-43(49)47-24-40(53)51(36)26-27-5-1-7-29(17-27)31-11-12-37-32(19-31)13-16-54-37/h1-24H,25-26H2/p+1. The van der Waals surface area contributed by atoms with Crippen molar-refractivity contribution >= 4 is 44.3 Å². The number of hydrogen-bond donors (Lipinski definition) is 1. The molecule has 1 N–H and O–H groups in total. The molecule has 0 aliphatic carbocycles. The van der Waals surface area contributed by atoms with Crippen molar-refractivity contribution in [3.8, 4) is 28.1 Å². The minimum atomic E-state index is -0.186. The van der Waals surface area contributed by atoms with Crippen molar-refractivity contribution in [2.75, 3.05) is 0 Å². The first-order chi connectivity index (χ1) is 26.5. The fourth-order valence-electron chi connectivity index (χ4n) is 7.16. The van der Waals surface area contributed by atoms with Gasteiger partial charge in [-0.1, -0.05) is 42.5 Å². The van der Waals surface area contributed by atoms with E-state index >= 15 is 0 Å². The maximum Gasteiger partial charge on any atom is 0.291 e. The van der Waals surface area contributed by atoms with Gasteiger partial charge in [0.25, 0.3) is 16.8 Å². The van der Waals surface area contributed by atoms with Gasteiger partial charge in [0.1, 0.15) is 11.1 Å². The van der Waals surface area contributed by atoms with Gasteiger partial charge in [0.2, 0.25) is 5.82 Å². The molecule has 0 fully saturated rings. The van der Waals surface area contributed by atoms with Crippen molar-refractivity contribution in [3.05, 3.63) is 178 Å². The number of nitrogens with zero attached hydrogens (tertiary/aromatic N) is 7. The molecule has 7 aromatic heterocycles. The quantitative estimate of drug-likeness (QED) is 0.180. The number of furan rings is 1. The number of H-pyrrole nitrogens is 1. The Balaban J connectivity index is 0.967. The highest BCUT2D eigenvalue weighted by Gasteiger charge is 2.18. The van der Waals surface area contributed by atoms with Gasteiger partial charge in [-0.05, 0) is 88.5 Å². The molecule has 0 saturated heterocycles. The van der Waals surface area contributed by atoms with Crippen LogP contribution in [0.2, 0.25) is 0 Å². The maximum atomic E-state index is 13.3. The molecule has 10 rings (SSSR count). The molecule has 11 heteroatoms. The Kier molecular flexibility index (Phi) is 7.29. The largest absolute Gasteiger partial charge is 0.464 e. The van der Waals surface area contributed by atoms with Gasteiger partial charge in [0.05, 0.1) is 37.3 Å². The topological polar surface area (TPSA) is 128 Å². The van der Waals surface area contributed by atoms with E-state index in [1.165, 1.54) is 12.4 Å². The van der Waals surface area contributed by atoms with Crippen LogP contribution in [0.3, 0.4) is 0 Å². The third-order valence-electron chi connectivity index (χ3n) is 9.79. The van der Waals surface area contributed by atoms with Crippen molar-refractivity contribution < 1.29 is 8.98 Å². The number of aromatic amines is 1. The molecule has 0 aliphatic heterocycles. The third kappa shape index (κ3) is 5.51. The second-order valence-corrected chi connectivity index (χ2v) is 13.2. The lowest BCUT2D eigenvalue weighted by atomic mass is 10.0. The van der Waals surface area contributed by atoms with E-state index in [0.717, 1.165) is 61.2 Å². The summed E-state index contributed by atoms with van der Waals surface area (Å²) in [6.07, 6.45) is 9.81. The van der Waals surface area contributed by atoms with E-state index in [2.05, 4.69) is 50.3 Å². The summed E-state index contributed by atoms with van der Waals surface area (Å²) < 4.78 is 10.9. The Labute approximate surface area is 306 Å². The molecule has 0 atom stereocenters. The Hall–Kier alpha value is -7.53. The number of aromatic nitrogens is 8. The zero-order chi connectivity index (χ0) is 36.2. The number of rotatable bonds is 7. The summed E-state index contributed by atoms with van der Waals surface area (Å²) in [5, 5.41) is 1.96. The first kappa shape index (κ1) is 31.2. The highest BCUT2D eigenvalue weighted by Crippen LogP contribution is 2.27. The van der Waals surface area contributed by atoms with E-state index in [-0.39, 0.29) is 11.1 Å². The summed E-state index contributed by atoms with van der Waals surface area (Å²) in [6.45, 7) is 0.758. The monoisotopic (exact) mass is 705 g/mol. The van der Waals surface area contributed by atoms with Gasteiger partial charge >= 0.3 is 0 Å². The lowest BCUT2D eigenvalue weighted by molar-refractivity contribution is -0.573. The van der Waals surface area contributed by atoms with Crippen LogP contribution in [0.25, 0.3) is 72.4 Å². The average Bonchev–Trinajstić information content (AvgIpc) is 3.87. The highest BCUT2D eigenvalue weighted by atomic mass is 16.3. The Morgan fingerprint density at radius 1 is 0.611 bits per heavy atom. The third-order valence-corrected chi connectivity index (χ3v) is 9.79. The number of pyridine rings is 3. The van der Waals surface area contributed by atoms with Crippen LogP contribution in [0, 0.1) is 0 Å². The molecule has 0 amide bonds. The number of nitrogens with one attached hydrogen (secondary N) is 1. The van der Waals surface area contributed by atoms with Crippen molar-refractivity contribution in [3.63, 3.8) is 0 Å². The molecular weight excluding hydrogens is 677 g/mol. The van der Waals surface area contributed by atoms with Gasteiger partial charge in [-0.25, -0.2) is 19.5 Å². The number of hydrogen-bond acceptors (Lipinski definition) is 7. The molecule has 10 aromatic rings. The van der Waals surface area contributed by atoms with E-state index < -0.39 is 0 Å². The van der Waals surface area contributed by atoms with E-state index in [1.54, 1.807) is 27.7 Å². The van der Waals surface area contributed by atoms with Crippen LogP contribution in [0.4, 0.5) is 0 Å². The normalized spacial score (nSPS) is 11.6. The van der Waals surface area contributed by atoms with Crippen molar-refractivity contribution in [1.29, 1.82) is 0 Å². The van der Waals surface area contributed by atoms with Gasteiger partial charge in [-0.15, -0.1) is 4.98 Å². The van der Waals surface area contributed by atoms with Gasteiger partial charge in [0.15, 0.2) is 17.5 Å². The van der Waals surface area contributed by atoms with Crippen molar-refractivity contribution in [1.82, 2.24) is 34.1 Å². The molecule has 0 radical (unpaired) electrons. The molecule has 0 saturated carbocycles. The number of fused-ring (bicyclic) bond motifs is 4. The van der Waals surface area contributed by atoms with E-state index in [4.69, 9.17) is 9.40 Å². The van der Waals surface area contributed by atoms with Crippen LogP contribution >= 0.6 is 0 Å². The van der Waals surface area contributed by atoms with Crippen LogP contribution in [0.5, 0.6) is 0 Å². The fraction of sp³-hybridized carbons (Fsp3) is 0.0465. The summed E-state index contributed by atoms with van der Waals surface area (Å²) in [5.41, 5.74) is 9.75. The number of benzene rings is 3. The first-order valence-electron chi connectivity index (χ1n) is 17.4. The summed E-state index contributed by atoms with van der Waals surface area (Å²) in [5.74, 6) is 0.765. The summed E-state index contributed by atoms with van der Waals surface area (Å²) in [6, 6.07) is 36.0. The zero-order valence-electron chi connectivity index (χ0n) is 28.6. The van der Waals surface area contributed by atoms with Gasteiger partial charge in [0, 0.05) is 34.8 Å². The fourth-order valence-corrected chi connectivity index (χ4v) is 7.16. The highest BCUT2D eigenvalue weighted by molar-refractivity contribution is 5.84. The van der Waals surface area contributed by atoms with E-state index in [9.17, 15) is 9.59 Å². The van der Waals surface area contributed by atoms with Gasteiger partial charge in [-0.2, -0.15) is 0 Å². The van der Waals surface area contributed by atoms with Crippen LogP contribution in [0.1, 0.15) is 11.1 Å². The molecule has 3 aromatic carbocycles. The lowest BCUT2D eigenvalue weighted by Gasteiger charge is -2.11. The van der Waals surface area contributed by atoms with Gasteiger partial charge in [-0.3, -0.25) is 23.7 Å². The average molecular weight is 706 g/mol. The minimum absolute atomic E-state index is 0.185. The molecule has 0 unspecified atom stereocenters. The van der Waals surface area contributed by atoms with E-state index in [0.29, 0.717) is 35.4 Å². The van der Waals surface area contributed by atoms with Crippen molar-refractivity contribution in [2.45, 2.75) is 13.1 Å². The van der Waals surface area contributed by atoms with Crippen LogP contribution in [-0.4, -0.2) is 34.1 Å². The van der Waals surface area contributed by atoms with Crippen LogP contribution < -0.4 is 15.7 Å². The predicted octanol–water partition coefficient (Wildman–Crippen LogP) is 6.83. The Morgan fingerprint density at radius 3 is 2.17 bits per heavy atom. The minimum Gasteiger partial charge on any atom is -0.464 e. The molecule has 54 heavy (non-hydrogen) atoms. The molecule has 0 aliphatic rings. The van der Waals surface area contributed by atoms with Crippen LogP contribution in [-0.2, 0) is 13.1 Å². The second-order valence-electron chi connectivity index (χ2n) is 13.2. The lowest BCUT2D eigenvalue weighted by Crippen LogP contribution is -2.35. The maximum absolute atomic E-state index is 13.3. The molecule has 0 spiro atoms. The summed E-state index contributed by atoms with van der Waals surface area (Å²) in [7, 11) is 0. The first-order valence-corrected chi connectivity index (χ1v) is 17.4. The van der Waals surface area contributed by atoms with E-state index in [1.807, 2.05) is 89.8 Å². The summed E-state index contributed by atoms with van der Waals surface area (Å²) in [4.78, 5) is 47.4. The SMILES string of the molecule is O=c1cnc2ncccc2n1Cc1cccc(-c2cnc3[nH]c(-[n+]4cccc5c4ncc(=O)n5Cc4cccc(-c5ccc6occc6c5)c4)cc3c2)c1. The predicted molar refractivity (Wildman–Crippen MR) is 206 cm³/mol. The van der Waals surface area contributed by atoms with Crippen LogP contribution in [0.15, 0.2) is 160 Å². The molecule has 258 valence electrons. The Morgan fingerprint density at radius 2 is 1.33 bits per heavy atom. The molecular formula is C43H29N8O3+. The smallest absolute Gasteiger partial charge is 0.291 e. The van der Waals surface area contributed by atoms with Crippen molar-refractivity contribution in [2.24, 2.45) is 0 Å². The Bertz CT molecular complexity index is 3190. The molecule has 0 bridgehead atoms. The molecule has 7 heterocycles.